The van der Waals surface area contributed by atoms with E-state index >= 15 is 0 Å². The van der Waals surface area contributed by atoms with Crippen LogP contribution in [0.5, 0.6) is 0 Å². The number of hydrogen-bond donors (Lipinski definition) is 2. The molecule has 2 saturated heterocycles. The SMILES string of the molecule is CN1CC(NCC2CCCN2)CCC1=O. The van der Waals surface area contributed by atoms with Gasteiger partial charge in [0.1, 0.15) is 0 Å². The van der Waals surface area contributed by atoms with Gasteiger partial charge in [-0.3, -0.25) is 4.79 Å². The lowest BCUT2D eigenvalue weighted by Gasteiger charge is -2.31. The Hall–Kier alpha value is -0.610. The second-order valence-corrected chi connectivity index (χ2v) is 4.71. The molecule has 0 radical (unpaired) electrons. The summed E-state index contributed by atoms with van der Waals surface area (Å²) in [5, 5.41) is 7.03. The predicted octanol–water partition coefficient (Wildman–Crippen LogP) is -0.0512. The first-order chi connectivity index (χ1) is 7.25. The van der Waals surface area contributed by atoms with E-state index in [-0.39, 0.29) is 5.91 Å². The van der Waals surface area contributed by atoms with E-state index < -0.39 is 0 Å². The molecule has 4 heteroatoms. The Kier molecular flexibility index (Phi) is 3.59. The van der Waals surface area contributed by atoms with Crippen LogP contribution in [0.4, 0.5) is 0 Å². The zero-order valence-corrected chi connectivity index (χ0v) is 9.46. The van der Waals surface area contributed by atoms with Crippen molar-refractivity contribution in [3.05, 3.63) is 0 Å². The van der Waals surface area contributed by atoms with Gasteiger partial charge in [-0.2, -0.15) is 0 Å². The summed E-state index contributed by atoms with van der Waals surface area (Å²) in [6.45, 7) is 3.08. The van der Waals surface area contributed by atoms with Gasteiger partial charge in [0, 0.05) is 38.6 Å². The molecule has 2 rings (SSSR count). The molecule has 0 aromatic rings. The van der Waals surface area contributed by atoms with Gasteiger partial charge in [0.2, 0.25) is 5.91 Å². The second-order valence-electron chi connectivity index (χ2n) is 4.71. The normalized spacial score (nSPS) is 32.3. The van der Waals surface area contributed by atoms with E-state index in [1.54, 1.807) is 0 Å². The average molecular weight is 211 g/mol. The van der Waals surface area contributed by atoms with Crippen LogP contribution in [-0.4, -0.2) is 49.6 Å². The zero-order chi connectivity index (χ0) is 10.7. The maximum Gasteiger partial charge on any atom is 0.222 e. The highest BCUT2D eigenvalue weighted by atomic mass is 16.2. The van der Waals surface area contributed by atoms with Crippen LogP contribution in [-0.2, 0) is 4.79 Å². The summed E-state index contributed by atoms with van der Waals surface area (Å²) in [5.74, 6) is 0.284. The highest BCUT2D eigenvalue weighted by molar-refractivity contribution is 5.76. The molecule has 2 aliphatic rings. The molecule has 0 spiro atoms. The summed E-state index contributed by atoms with van der Waals surface area (Å²) in [7, 11) is 1.89. The Balaban J connectivity index is 1.68. The first-order valence-corrected chi connectivity index (χ1v) is 5.96. The van der Waals surface area contributed by atoms with Gasteiger partial charge in [0.15, 0.2) is 0 Å². The number of likely N-dealkylation sites (N-methyl/N-ethyl adjacent to an activating group) is 1. The van der Waals surface area contributed by atoms with Crippen LogP contribution in [0.25, 0.3) is 0 Å². The summed E-state index contributed by atoms with van der Waals surface area (Å²) in [6, 6.07) is 1.14. The van der Waals surface area contributed by atoms with E-state index in [9.17, 15) is 4.79 Å². The van der Waals surface area contributed by atoms with Crippen molar-refractivity contribution >= 4 is 5.91 Å². The van der Waals surface area contributed by atoms with Crippen LogP contribution in [0.15, 0.2) is 0 Å². The molecule has 2 heterocycles. The molecule has 2 N–H and O–H groups in total. The van der Waals surface area contributed by atoms with Gasteiger partial charge in [-0.15, -0.1) is 0 Å². The Bertz CT molecular complexity index is 226. The van der Waals surface area contributed by atoms with Crippen molar-refractivity contribution in [1.29, 1.82) is 0 Å². The van der Waals surface area contributed by atoms with Crippen molar-refractivity contribution in [2.75, 3.05) is 26.7 Å². The molecule has 2 aliphatic heterocycles. The first-order valence-electron chi connectivity index (χ1n) is 5.96. The highest BCUT2D eigenvalue weighted by Gasteiger charge is 2.23. The van der Waals surface area contributed by atoms with E-state index in [1.165, 1.54) is 12.8 Å². The fraction of sp³-hybridized carbons (Fsp3) is 0.909. The minimum Gasteiger partial charge on any atom is -0.344 e. The Morgan fingerprint density at radius 1 is 1.53 bits per heavy atom. The molecule has 0 aliphatic carbocycles. The van der Waals surface area contributed by atoms with Crippen molar-refractivity contribution in [3.63, 3.8) is 0 Å². The van der Waals surface area contributed by atoms with Crippen LogP contribution in [0.2, 0.25) is 0 Å². The van der Waals surface area contributed by atoms with Crippen LogP contribution in [0.1, 0.15) is 25.7 Å². The lowest BCUT2D eigenvalue weighted by molar-refractivity contribution is -0.132. The number of nitrogens with zero attached hydrogens (tertiary/aromatic N) is 1. The molecule has 0 bridgehead atoms. The maximum absolute atomic E-state index is 11.3. The number of amides is 1. The monoisotopic (exact) mass is 211 g/mol. The molecule has 2 fully saturated rings. The van der Waals surface area contributed by atoms with E-state index in [0.29, 0.717) is 18.5 Å². The van der Waals surface area contributed by atoms with E-state index in [0.717, 1.165) is 26.1 Å². The van der Waals surface area contributed by atoms with Gasteiger partial charge >= 0.3 is 0 Å². The summed E-state index contributed by atoms with van der Waals surface area (Å²) >= 11 is 0. The second kappa shape index (κ2) is 4.94. The number of hydrogen-bond acceptors (Lipinski definition) is 3. The van der Waals surface area contributed by atoms with E-state index in [2.05, 4.69) is 10.6 Å². The van der Waals surface area contributed by atoms with E-state index in [4.69, 9.17) is 0 Å². The quantitative estimate of drug-likeness (QED) is 0.688. The van der Waals surface area contributed by atoms with Gasteiger partial charge in [-0.1, -0.05) is 0 Å². The van der Waals surface area contributed by atoms with Crippen molar-refractivity contribution in [1.82, 2.24) is 15.5 Å². The molecular weight excluding hydrogens is 190 g/mol. The number of piperidine rings is 1. The third kappa shape index (κ3) is 2.92. The maximum atomic E-state index is 11.3. The number of carbonyl (C=O) groups excluding carboxylic acids is 1. The Labute approximate surface area is 91.4 Å². The molecular formula is C11H21N3O. The molecule has 0 saturated carbocycles. The summed E-state index contributed by atoms with van der Waals surface area (Å²) in [6.07, 6.45) is 4.28. The number of rotatable bonds is 3. The fourth-order valence-corrected chi connectivity index (χ4v) is 2.42. The lowest BCUT2D eigenvalue weighted by atomic mass is 10.1. The standard InChI is InChI=1S/C11H21N3O/c1-14-8-10(4-5-11(14)15)13-7-9-3-2-6-12-9/h9-10,12-13H,2-8H2,1H3. The molecule has 4 nitrogen and oxygen atoms in total. The van der Waals surface area contributed by atoms with Crippen LogP contribution in [0.3, 0.4) is 0 Å². The molecule has 86 valence electrons. The van der Waals surface area contributed by atoms with Crippen molar-refractivity contribution in [2.45, 2.75) is 37.8 Å². The highest BCUT2D eigenvalue weighted by Crippen LogP contribution is 2.10. The van der Waals surface area contributed by atoms with Gasteiger partial charge in [-0.25, -0.2) is 0 Å². The molecule has 0 aromatic carbocycles. The average Bonchev–Trinajstić information content (AvgIpc) is 2.73. The van der Waals surface area contributed by atoms with Crippen LogP contribution >= 0.6 is 0 Å². The van der Waals surface area contributed by atoms with Crippen molar-refractivity contribution in [2.24, 2.45) is 0 Å². The summed E-state index contributed by atoms with van der Waals surface area (Å²) in [4.78, 5) is 13.1. The third-order valence-corrected chi connectivity index (χ3v) is 3.44. The number of carbonyl (C=O) groups is 1. The molecule has 1 amide bonds. The van der Waals surface area contributed by atoms with Gasteiger partial charge < -0.3 is 15.5 Å². The summed E-state index contributed by atoms with van der Waals surface area (Å²) in [5.41, 5.74) is 0. The molecule has 2 atom stereocenters. The minimum atomic E-state index is 0.284. The van der Waals surface area contributed by atoms with Gasteiger partial charge in [0.05, 0.1) is 0 Å². The predicted molar refractivity (Wildman–Crippen MR) is 59.7 cm³/mol. The van der Waals surface area contributed by atoms with Crippen LogP contribution < -0.4 is 10.6 Å². The third-order valence-electron chi connectivity index (χ3n) is 3.44. The fourth-order valence-electron chi connectivity index (χ4n) is 2.42. The van der Waals surface area contributed by atoms with Crippen LogP contribution in [0, 0.1) is 0 Å². The van der Waals surface area contributed by atoms with Crippen molar-refractivity contribution < 1.29 is 4.79 Å². The number of nitrogens with one attached hydrogen (secondary N) is 2. The number of likely N-dealkylation sites (tertiary alicyclic amines) is 1. The van der Waals surface area contributed by atoms with Gasteiger partial charge in [-0.05, 0) is 25.8 Å². The molecule has 2 unspecified atom stereocenters. The Morgan fingerprint density at radius 3 is 3.07 bits per heavy atom. The first kappa shape index (κ1) is 10.9. The van der Waals surface area contributed by atoms with Crippen molar-refractivity contribution in [3.8, 4) is 0 Å². The zero-order valence-electron chi connectivity index (χ0n) is 9.46. The van der Waals surface area contributed by atoms with E-state index in [1.807, 2.05) is 11.9 Å². The smallest absolute Gasteiger partial charge is 0.222 e. The molecule has 0 aromatic heterocycles. The molecule has 15 heavy (non-hydrogen) atoms. The summed E-state index contributed by atoms with van der Waals surface area (Å²) < 4.78 is 0. The topological polar surface area (TPSA) is 44.4 Å². The minimum absolute atomic E-state index is 0.284. The lowest BCUT2D eigenvalue weighted by Crippen LogP contribution is -2.49. The van der Waals surface area contributed by atoms with Gasteiger partial charge in [0.25, 0.3) is 0 Å². The Morgan fingerprint density at radius 2 is 2.40 bits per heavy atom. The largest absolute Gasteiger partial charge is 0.344 e.